The number of piperazine rings is 1. The van der Waals surface area contributed by atoms with Crippen LogP contribution in [-0.4, -0.2) is 67.9 Å². The molecular formula is C26H28FN3O4S. The number of fused-ring (bicyclic) bond motifs is 1. The topological polar surface area (TPSA) is 79.8 Å². The molecule has 2 saturated heterocycles. The van der Waals surface area contributed by atoms with Crippen molar-refractivity contribution in [1.29, 1.82) is 0 Å². The minimum absolute atomic E-state index is 0.0493. The molecule has 35 heavy (non-hydrogen) atoms. The lowest BCUT2D eigenvalue weighted by molar-refractivity contribution is -0.142. The minimum Gasteiger partial charge on any atom is -0.381 e. The number of nitrogens with zero attached hydrogens (tertiary/aromatic N) is 3. The molecule has 1 amide bonds. The zero-order valence-electron chi connectivity index (χ0n) is 19.6. The smallest absolute Gasteiger partial charge is 0.245 e. The van der Waals surface area contributed by atoms with E-state index in [0.717, 1.165) is 16.5 Å². The number of carbonyl (C=O) groups is 1. The predicted octanol–water partition coefficient (Wildman–Crippen LogP) is 3.26. The van der Waals surface area contributed by atoms with Crippen LogP contribution in [-0.2, 0) is 25.0 Å². The maximum atomic E-state index is 13.8. The van der Waals surface area contributed by atoms with E-state index in [1.165, 1.54) is 16.4 Å². The molecule has 0 spiro atoms. The van der Waals surface area contributed by atoms with Crippen molar-refractivity contribution in [3.8, 4) is 0 Å². The van der Waals surface area contributed by atoms with E-state index in [-0.39, 0.29) is 29.7 Å². The van der Waals surface area contributed by atoms with E-state index in [9.17, 15) is 17.6 Å². The lowest BCUT2D eigenvalue weighted by Crippen LogP contribution is -2.56. The van der Waals surface area contributed by atoms with Crippen molar-refractivity contribution < 1.29 is 22.3 Å². The number of sulfonamides is 1. The summed E-state index contributed by atoms with van der Waals surface area (Å²) < 4.78 is 47.5. The summed E-state index contributed by atoms with van der Waals surface area (Å²) in [4.78, 5) is 20.1. The largest absolute Gasteiger partial charge is 0.381 e. The zero-order chi connectivity index (χ0) is 24.6. The maximum Gasteiger partial charge on any atom is 0.245 e. The number of para-hydroxylation sites is 1. The quantitative estimate of drug-likeness (QED) is 0.553. The summed E-state index contributed by atoms with van der Waals surface area (Å²) >= 11 is 0. The van der Waals surface area contributed by atoms with Gasteiger partial charge in [-0.2, -0.15) is 4.31 Å². The first-order valence-corrected chi connectivity index (χ1v) is 13.2. The van der Waals surface area contributed by atoms with Crippen molar-refractivity contribution in [2.45, 2.75) is 30.1 Å². The molecule has 0 unspecified atom stereocenters. The van der Waals surface area contributed by atoms with Gasteiger partial charge in [0.25, 0.3) is 0 Å². The first kappa shape index (κ1) is 23.8. The van der Waals surface area contributed by atoms with Crippen LogP contribution in [0.5, 0.6) is 0 Å². The Bertz CT molecular complexity index is 1350. The molecule has 2 fully saturated rings. The summed E-state index contributed by atoms with van der Waals surface area (Å²) in [6.45, 7) is 3.80. The van der Waals surface area contributed by atoms with Crippen LogP contribution < -0.4 is 0 Å². The number of carbonyl (C=O) groups excluding carboxylic acids is 1. The van der Waals surface area contributed by atoms with Crippen molar-refractivity contribution >= 4 is 26.8 Å². The van der Waals surface area contributed by atoms with Crippen LogP contribution in [0.3, 0.4) is 0 Å². The molecule has 2 aliphatic rings. The van der Waals surface area contributed by atoms with E-state index in [1.54, 1.807) is 35.4 Å². The number of hydrogen-bond donors (Lipinski definition) is 0. The Morgan fingerprint density at radius 3 is 2.40 bits per heavy atom. The molecule has 3 aromatic rings. The number of aryl methyl sites for hydroxylation is 1. The molecule has 7 nitrogen and oxygen atoms in total. The second kappa shape index (κ2) is 9.29. The van der Waals surface area contributed by atoms with Crippen molar-refractivity contribution in [2.75, 3.05) is 39.4 Å². The first-order valence-electron chi connectivity index (χ1n) is 11.8. The van der Waals surface area contributed by atoms with Gasteiger partial charge in [-0.3, -0.25) is 9.78 Å². The van der Waals surface area contributed by atoms with E-state index >= 15 is 0 Å². The third-order valence-electron chi connectivity index (χ3n) is 7.11. The van der Waals surface area contributed by atoms with Gasteiger partial charge in [-0.1, -0.05) is 24.3 Å². The molecule has 0 atom stereocenters. The Labute approximate surface area is 204 Å². The van der Waals surface area contributed by atoms with Crippen LogP contribution >= 0.6 is 0 Å². The van der Waals surface area contributed by atoms with Crippen LogP contribution in [0.4, 0.5) is 4.39 Å². The van der Waals surface area contributed by atoms with Gasteiger partial charge in [0.2, 0.25) is 15.9 Å². The number of benzene rings is 2. The molecule has 0 bridgehead atoms. The van der Waals surface area contributed by atoms with Crippen molar-refractivity contribution in [3.05, 3.63) is 71.7 Å². The number of rotatable bonds is 4. The van der Waals surface area contributed by atoms with Gasteiger partial charge < -0.3 is 9.64 Å². The zero-order valence-corrected chi connectivity index (χ0v) is 20.4. The molecule has 0 N–H and O–H groups in total. The number of aromatic nitrogens is 1. The molecule has 0 aliphatic carbocycles. The second-order valence-electron chi connectivity index (χ2n) is 9.24. The van der Waals surface area contributed by atoms with Gasteiger partial charge in [-0.15, -0.1) is 0 Å². The van der Waals surface area contributed by atoms with Crippen molar-refractivity contribution in [3.63, 3.8) is 0 Å². The third-order valence-corrected chi connectivity index (χ3v) is 9.04. The Balaban J connectivity index is 1.37. The van der Waals surface area contributed by atoms with Crippen LogP contribution in [0, 0.1) is 12.7 Å². The highest BCUT2D eigenvalue weighted by Gasteiger charge is 2.45. The molecule has 3 heterocycles. The van der Waals surface area contributed by atoms with Crippen molar-refractivity contribution in [1.82, 2.24) is 14.2 Å². The summed E-state index contributed by atoms with van der Waals surface area (Å²) in [5, 5.41) is 0.778. The fourth-order valence-electron chi connectivity index (χ4n) is 5.14. The van der Waals surface area contributed by atoms with Gasteiger partial charge in [0, 0.05) is 51.0 Å². The van der Waals surface area contributed by atoms with E-state index in [1.807, 2.05) is 19.1 Å². The number of amides is 1. The molecular weight excluding hydrogens is 469 g/mol. The van der Waals surface area contributed by atoms with Gasteiger partial charge in [0.1, 0.15) is 10.7 Å². The van der Waals surface area contributed by atoms with Gasteiger partial charge in [-0.25, -0.2) is 12.8 Å². The number of pyridine rings is 1. The summed E-state index contributed by atoms with van der Waals surface area (Å²) in [6.07, 6.45) is 2.69. The average Bonchev–Trinajstić information content (AvgIpc) is 2.88. The van der Waals surface area contributed by atoms with Crippen LogP contribution in [0.1, 0.15) is 24.0 Å². The third kappa shape index (κ3) is 4.32. The highest BCUT2D eigenvalue weighted by Crippen LogP contribution is 2.37. The summed E-state index contributed by atoms with van der Waals surface area (Å²) in [7, 11) is -3.78. The lowest BCUT2D eigenvalue weighted by atomic mass is 9.73. The molecule has 2 aromatic carbocycles. The number of hydrogen-bond acceptors (Lipinski definition) is 5. The maximum absolute atomic E-state index is 13.8. The first-order chi connectivity index (χ1) is 16.8. The van der Waals surface area contributed by atoms with Gasteiger partial charge in [0.15, 0.2) is 0 Å². The summed E-state index contributed by atoms with van der Waals surface area (Å²) in [5.41, 5.74) is 1.40. The fourth-order valence-corrected chi connectivity index (χ4v) is 6.73. The Hall–Kier alpha value is -2.88. The highest BCUT2D eigenvalue weighted by molar-refractivity contribution is 7.89. The summed E-state index contributed by atoms with van der Waals surface area (Å²) in [5.74, 6) is -0.396. The summed E-state index contributed by atoms with van der Waals surface area (Å²) in [6, 6.07) is 13.2. The molecule has 9 heteroatoms. The number of ether oxygens (including phenoxy) is 1. The average molecular weight is 498 g/mol. The van der Waals surface area contributed by atoms with Gasteiger partial charge in [-0.05, 0) is 55.2 Å². The number of halogens is 1. The van der Waals surface area contributed by atoms with E-state index in [0.29, 0.717) is 44.7 Å². The Morgan fingerprint density at radius 2 is 1.71 bits per heavy atom. The van der Waals surface area contributed by atoms with E-state index in [2.05, 4.69) is 4.98 Å². The highest BCUT2D eigenvalue weighted by atomic mass is 32.2. The molecule has 0 saturated carbocycles. The SMILES string of the molecule is Cc1cnc2c(S(=O)(=O)N3CCN(C(=O)C4(c5ccc(F)cc5)CCOCC4)CC3)cccc2c1. The molecule has 2 aliphatic heterocycles. The van der Waals surface area contributed by atoms with Crippen LogP contribution in [0.2, 0.25) is 0 Å². The molecule has 184 valence electrons. The van der Waals surface area contributed by atoms with Gasteiger partial charge >= 0.3 is 0 Å². The lowest BCUT2D eigenvalue weighted by Gasteiger charge is -2.42. The standard InChI is InChI=1S/C26H28FN3O4S/c1-19-17-20-3-2-4-23(24(20)28-18-19)35(32,33)30-13-11-29(12-14-30)25(31)26(9-15-34-16-10-26)21-5-7-22(27)8-6-21/h2-8,17-18H,9-16H2,1H3. The Morgan fingerprint density at radius 1 is 1.03 bits per heavy atom. The Kier molecular flexibility index (Phi) is 6.33. The van der Waals surface area contributed by atoms with Crippen LogP contribution in [0.15, 0.2) is 59.6 Å². The second-order valence-corrected chi connectivity index (χ2v) is 11.1. The normalized spacial score (nSPS) is 19.1. The molecule has 0 radical (unpaired) electrons. The fraction of sp³-hybridized carbons (Fsp3) is 0.385. The van der Waals surface area contributed by atoms with Crippen LogP contribution in [0.25, 0.3) is 10.9 Å². The monoisotopic (exact) mass is 497 g/mol. The molecule has 1 aromatic heterocycles. The molecule has 5 rings (SSSR count). The van der Waals surface area contributed by atoms with Gasteiger partial charge in [0.05, 0.1) is 10.9 Å². The van der Waals surface area contributed by atoms with E-state index < -0.39 is 15.4 Å². The van der Waals surface area contributed by atoms with Crippen molar-refractivity contribution in [2.24, 2.45) is 0 Å². The van der Waals surface area contributed by atoms with E-state index in [4.69, 9.17) is 4.74 Å². The predicted molar refractivity (Wildman–Crippen MR) is 130 cm³/mol. The minimum atomic E-state index is -3.78.